The number of tetrazole rings is 1. The highest BCUT2D eigenvalue weighted by molar-refractivity contribution is 5.82. The highest BCUT2D eigenvalue weighted by Crippen LogP contribution is 2.17. The maximum atomic E-state index is 12.9. The minimum absolute atomic E-state index is 0.219. The SMILES string of the molecule is Cc1c(C#N)c2nc3ccccc3n2c(=O)c1=CNNc1nn[nH]n1. The van der Waals surface area contributed by atoms with Crippen molar-refractivity contribution in [2.45, 2.75) is 6.92 Å². The van der Waals surface area contributed by atoms with Crippen molar-refractivity contribution in [3.05, 3.63) is 51.0 Å². The maximum absolute atomic E-state index is 12.9. The van der Waals surface area contributed by atoms with E-state index in [1.54, 1.807) is 19.1 Å². The van der Waals surface area contributed by atoms with Gasteiger partial charge in [-0.15, -0.1) is 5.10 Å². The number of nitriles is 1. The molecule has 3 heterocycles. The number of fused-ring (bicyclic) bond motifs is 3. The normalized spacial score (nSPS) is 11.8. The molecule has 0 aliphatic rings. The van der Waals surface area contributed by atoms with E-state index in [1.807, 2.05) is 12.1 Å². The third-order valence-electron chi connectivity index (χ3n) is 3.85. The second kappa shape index (κ2) is 5.57. The first kappa shape index (κ1) is 14.6. The zero-order valence-electron chi connectivity index (χ0n) is 13.0. The van der Waals surface area contributed by atoms with Crippen LogP contribution >= 0.6 is 0 Å². The van der Waals surface area contributed by atoms with Gasteiger partial charge in [-0.1, -0.05) is 17.2 Å². The average molecular weight is 333 g/mol. The fourth-order valence-corrected chi connectivity index (χ4v) is 2.67. The number of hydrogen-bond acceptors (Lipinski definition) is 8. The molecule has 0 aliphatic heterocycles. The molecule has 4 rings (SSSR count). The van der Waals surface area contributed by atoms with Crippen LogP contribution in [-0.4, -0.2) is 30.0 Å². The highest BCUT2D eigenvalue weighted by Gasteiger charge is 2.15. The number of anilines is 1. The van der Waals surface area contributed by atoms with E-state index >= 15 is 0 Å². The Bertz CT molecular complexity index is 1230. The van der Waals surface area contributed by atoms with Gasteiger partial charge in [0.05, 0.1) is 21.8 Å². The molecule has 0 saturated carbocycles. The molecule has 0 amide bonds. The summed E-state index contributed by atoms with van der Waals surface area (Å²) >= 11 is 0. The lowest BCUT2D eigenvalue weighted by Gasteiger charge is -2.04. The number of pyridine rings is 1. The van der Waals surface area contributed by atoms with Crippen molar-refractivity contribution in [2.75, 3.05) is 5.43 Å². The van der Waals surface area contributed by atoms with Crippen LogP contribution in [-0.2, 0) is 0 Å². The first-order valence-corrected chi connectivity index (χ1v) is 7.29. The molecule has 0 atom stereocenters. The summed E-state index contributed by atoms with van der Waals surface area (Å²) in [5, 5.41) is 23.0. The Hall–Kier alpha value is -4.00. The van der Waals surface area contributed by atoms with Crippen LogP contribution in [0.25, 0.3) is 22.9 Å². The van der Waals surface area contributed by atoms with Gasteiger partial charge in [-0.2, -0.15) is 10.5 Å². The molecule has 3 N–H and O–H groups in total. The molecule has 0 radical (unpaired) electrons. The van der Waals surface area contributed by atoms with E-state index in [0.717, 1.165) is 0 Å². The Labute approximate surface area is 139 Å². The number of para-hydroxylation sites is 2. The van der Waals surface area contributed by atoms with Gasteiger partial charge in [0, 0.05) is 6.20 Å². The fourth-order valence-electron chi connectivity index (χ4n) is 2.67. The van der Waals surface area contributed by atoms with E-state index in [1.165, 1.54) is 10.6 Å². The minimum atomic E-state index is -0.275. The highest BCUT2D eigenvalue weighted by atomic mass is 16.1. The zero-order valence-corrected chi connectivity index (χ0v) is 13.0. The van der Waals surface area contributed by atoms with Gasteiger partial charge < -0.3 is 5.43 Å². The number of imidazole rings is 1. The molecule has 0 aliphatic carbocycles. The Morgan fingerprint density at radius 1 is 1.36 bits per heavy atom. The molecule has 122 valence electrons. The molecule has 0 fully saturated rings. The van der Waals surface area contributed by atoms with Crippen molar-refractivity contribution in [1.29, 1.82) is 5.26 Å². The largest absolute Gasteiger partial charge is 0.305 e. The molecule has 4 aromatic rings. The topological polar surface area (TPSA) is 137 Å². The van der Waals surface area contributed by atoms with Crippen LogP contribution in [0.5, 0.6) is 0 Å². The van der Waals surface area contributed by atoms with Gasteiger partial charge in [0.1, 0.15) is 6.07 Å². The minimum Gasteiger partial charge on any atom is -0.305 e. The molecule has 0 bridgehead atoms. The van der Waals surface area contributed by atoms with Gasteiger partial charge in [-0.25, -0.2) is 4.98 Å². The summed E-state index contributed by atoms with van der Waals surface area (Å²) in [6, 6.07) is 9.39. The smallest absolute Gasteiger partial charge is 0.281 e. The van der Waals surface area contributed by atoms with Crippen LogP contribution in [0.1, 0.15) is 11.1 Å². The lowest BCUT2D eigenvalue weighted by Crippen LogP contribution is -2.36. The van der Waals surface area contributed by atoms with E-state index in [9.17, 15) is 10.1 Å². The standard InChI is InChI=1S/C15H11N9O/c1-8-9(6-16)13-18-11-4-2-3-5-12(11)24(13)14(25)10(8)7-17-19-15-20-22-23-21-15/h2-5,7,17H,1H3,(H2,19,20,21,22,23). The van der Waals surface area contributed by atoms with Crippen LogP contribution in [0.3, 0.4) is 0 Å². The van der Waals surface area contributed by atoms with E-state index in [2.05, 4.69) is 42.5 Å². The summed E-state index contributed by atoms with van der Waals surface area (Å²) in [5.74, 6) is 0.219. The summed E-state index contributed by atoms with van der Waals surface area (Å²) in [6.45, 7) is 1.71. The third kappa shape index (κ3) is 2.22. The van der Waals surface area contributed by atoms with Crippen molar-refractivity contribution < 1.29 is 0 Å². The van der Waals surface area contributed by atoms with Gasteiger partial charge >= 0.3 is 0 Å². The van der Waals surface area contributed by atoms with Gasteiger partial charge in [0.2, 0.25) is 0 Å². The molecule has 1 aromatic carbocycles. The first-order valence-electron chi connectivity index (χ1n) is 7.29. The Morgan fingerprint density at radius 2 is 2.20 bits per heavy atom. The Kier molecular flexibility index (Phi) is 3.25. The molecule has 10 heteroatoms. The van der Waals surface area contributed by atoms with Gasteiger partial charge in [-0.05, 0) is 29.8 Å². The van der Waals surface area contributed by atoms with Crippen molar-refractivity contribution in [3.8, 4) is 6.07 Å². The van der Waals surface area contributed by atoms with Crippen molar-refractivity contribution in [1.82, 2.24) is 35.4 Å². The van der Waals surface area contributed by atoms with Crippen molar-refractivity contribution in [3.63, 3.8) is 0 Å². The zero-order chi connectivity index (χ0) is 17.4. The van der Waals surface area contributed by atoms with E-state index in [-0.39, 0.29) is 11.5 Å². The van der Waals surface area contributed by atoms with Crippen LogP contribution in [0, 0.1) is 18.3 Å². The van der Waals surface area contributed by atoms with Gasteiger partial charge in [-0.3, -0.25) is 14.6 Å². The first-order chi connectivity index (χ1) is 12.2. The number of aromatic amines is 1. The number of nitrogens with one attached hydrogen (secondary N) is 3. The number of rotatable bonds is 3. The van der Waals surface area contributed by atoms with Crippen molar-refractivity contribution in [2.24, 2.45) is 0 Å². The lowest BCUT2D eigenvalue weighted by molar-refractivity contribution is 0.881. The summed E-state index contributed by atoms with van der Waals surface area (Å²) in [6.07, 6.45) is 1.46. The van der Waals surface area contributed by atoms with E-state index in [0.29, 0.717) is 33.0 Å². The predicted octanol–water partition coefficient (Wildman–Crippen LogP) is -0.386. The molecule has 0 spiro atoms. The lowest BCUT2D eigenvalue weighted by atomic mass is 10.1. The summed E-state index contributed by atoms with van der Waals surface area (Å²) in [4.78, 5) is 17.4. The average Bonchev–Trinajstić information content (AvgIpc) is 3.25. The Balaban J connectivity index is 1.96. The maximum Gasteiger partial charge on any atom is 0.281 e. The summed E-state index contributed by atoms with van der Waals surface area (Å²) in [7, 11) is 0. The van der Waals surface area contributed by atoms with Crippen LogP contribution in [0.4, 0.5) is 5.95 Å². The number of hydrazine groups is 1. The molecule has 25 heavy (non-hydrogen) atoms. The van der Waals surface area contributed by atoms with Gasteiger partial charge in [0.15, 0.2) is 5.65 Å². The van der Waals surface area contributed by atoms with E-state index < -0.39 is 0 Å². The summed E-state index contributed by atoms with van der Waals surface area (Å²) < 4.78 is 1.45. The number of hydrogen-bond donors (Lipinski definition) is 3. The van der Waals surface area contributed by atoms with Crippen LogP contribution in [0.15, 0.2) is 29.1 Å². The van der Waals surface area contributed by atoms with Crippen LogP contribution < -0.4 is 21.6 Å². The molecule has 0 unspecified atom stereocenters. The number of H-pyrrole nitrogens is 1. The third-order valence-corrected chi connectivity index (χ3v) is 3.85. The molecule has 3 aromatic heterocycles. The van der Waals surface area contributed by atoms with Crippen molar-refractivity contribution >= 4 is 28.8 Å². The second-order valence-corrected chi connectivity index (χ2v) is 5.24. The van der Waals surface area contributed by atoms with Crippen LogP contribution in [0.2, 0.25) is 0 Å². The molecule has 0 saturated heterocycles. The Morgan fingerprint density at radius 3 is 2.96 bits per heavy atom. The second-order valence-electron chi connectivity index (χ2n) is 5.24. The number of nitrogens with zero attached hydrogens (tertiary/aromatic N) is 6. The van der Waals surface area contributed by atoms with Gasteiger partial charge in [0.25, 0.3) is 11.5 Å². The number of aromatic nitrogens is 6. The number of benzene rings is 1. The molecular weight excluding hydrogens is 322 g/mol. The van der Waals surface area contributed by atoms with E-state index in [4.69, 9.17) is 0 Å². The monoisotopic (exact) mass is 333 g/mol. The molecular formula is C15H11N9O. The fraction of sp³-hybridized carbons (Fsp3) is 0.0667. The molecule has 10 nitrogen and oxygen atoms in total. The summed E-state index contributed by atoms with van der Waals surface area (Å²) in [5.41, 5.74) is 7.70. The predicted molar refractivity (Wildman–Crippen MR) is 89.0 cm³/mol. The quantitative estimate of drug-likeness (QED) is 0.431.